The zero-order valence-electron chi connectivity index (χ0n) is 11.8. The van der Waals surface area contributed by atoms with Gasteiger partial charge in [0.05, 0.1) is 18.7 Å². The Hall–Kier alpha value is -1.62. The number of rotatable bonds is 4. The van der Waals surface area contributed by atoms with Gasteiger partial charge in [0.15, 0.2) is 0 Å². The van der Waals surface area contributed by atoms with Crippen LogP contribution in [-0.2, 0) is 0 Å². The van der Waals surface area contributed by atoms with Gasteiger partial charge in [-0.3, -0.25) is 0 Å². The Balaban J connectivity index is 2.71. The Kier molecular flexibility index (Phi) is 5.30. The second kappa shape index (κ2) is 6.52. The van der Waals surface area contributed by atoms with E-state index in [4.69, 9.17) is 5.11 Å². The van der Waals surface area contributed by atoms with E-state index in [2.05, 4.69) is 5.32 Å². The molecule has 2 unspecified atom stereocenters. The summed E-state index contributed by atoms with van der Waals surface area (Å²) in [5.74, 6) is -0.282. The van der Waals surface area contributed by atoms with Crippen molar-refractivity contribution in [1.82, 2.24) is 10.2 Å². The van der Waals surface area contributed by atoms with Crippen LogP contribution in [0.15, 0.2) is 18.2 Å². The van der Waals surface area contributed by atoms with Crippen LogP contribution in [0.25, 0.3) is 0 Å². The summed E-state index contributed by atoms with van der Waals surface area (Å²) >= 11 is 0. The number of likely N-dealkylation sites (N-methyl/N-ethyl adjacent to an activating group) is 1. The number of halogens is 1. The molecular formula is C14H21FN2O2. The Labute approximate surface area is 113 Å². The molecule has 0 saturated heterocycles. The van der Waals surface area contributed by atoms with Crippen LogP contribution in [0, 0.1) is 12.7 Å². The van der Waals surface area contributed by atoms with Gasteiger partial charge in [0, 0.05) is 7.05 Å². The molecule has 0 aliphatic carbocycles. The van der Waals surface area contributed by atoms with Gasteiger partial charge in [0.2, 0.25) is 0 Å². The Bertz CT molecular complexity index is 451. The molecule has 19 heavy (non-hydrogen) atoms. The van der Waals surface area contributed by atoms with Gasteiger partial charge in [0.25, 0.3) is 0 Å². The van der Waals surface area contributed by atoms with Crippen molar-refractivity contribution in [3.63, 3.8) is 0 Å². The topological polar surface area (TPSA) is 52.6 Å². The van der Waals surface area contributed by atoms with Crippen LogP contribution in [0.4, 0.5) is 9.18 Å². The number of urea groups is 1. The number of aryl methyl sites for hydroxylation is 1. The van der Waals surface area contributed by atoms with Crippen molar-refractivity contribution < 1.29 is 14.3 Å². The van der Waals surface area contributed by atoms with Gasteiger partial charge in [-0.2, -0.15) is 0 Å². The summed E-state index contributed by atoms with van der Waals surface area (Å²) < 4.78 is 13.5. The molecule has 0 aromatic heterocycles. The third kappa shape index (κ3) is 3.92. The van der Waals surface area contributed by atoms with Crippen LogP contribution < -0.4 is 5.32 Å². The fourth-order valence-electron chi connectivity index (χ4n) is 1.57. The number of aliphatic hydroxyl groups is 1. The lowest BCUT2D eigenvalue weighted by molar-refractivity contribution is 0.155. The van der Waals surface area contributed by atoms with Gasteiger partial charge in [-0.15, -0.1) is 0 Å². The number of carbonyl (C=O) groups is 1. The van der Waals surface area contributed by atoms with E-state index in [0.717, 1.165) is 0 Å². The van der Waals surface area contributed by atoms with Gasteiger partial charge < -0.3 is 15.3 Å². The molecular weight excluding hydrogens is 247 g/mol. The molecule has 4 nitrogen and oxygen atoms in total. The highest BCUT2D eigenvalue weighted by atomic mass is 19.1. The molecule has 2 N–H and O–H groups in total. The molecule has 5 heteroatoms. The monoisotopic (exact) mass is 268 g/mol. The number of hydrogen-bond acceptors (Lipinski definition) is 2. The Morgan fingerprint density at radius 1 is 1.47 bits per heavy atom. The fraction of sp³-hybridized carbons (Fsp3) is 0.500. The number of amides is 2. The maximum atomic E-state index is 13.5. The maximum Gasteiger partial charge on any atom is 0.317 e. The van der Waals surface area contributed by atoms with Crippen LogP contribution in [0.5, 0.6) is 0 Å². The number of benzene rings is 1. The first-order valence-corrected chi connectivity index (χ1v) is 6.27. The van der Waals surface area contributed by atoms with Gasteiger partial charge in [-0.25, -0.2) is 9.18 Å². The van der Waals surface area contributed by atoms with E-state index >= 15 is 0 Å². The van der Waals surface area contributed by atoms with Gasteiger partial charge in [-0.05, 0) is 38.0 Å². The average Bonchev–Trinajstić information content (AvgIpc) is 2.39. The number of carbonyl (C=O) groups excluding carboxylic acids is 1. The minimum Gasteiger partial charge on any atom is -0.394 e. The molecule has 1 rings (SSSR count). The molecule has 2 atom stereocenters. The summed E-state index contributed by atoms with van der Waals surface area (Å²) in [6.45, 7) is 5.13. The van der Waals surface area contributed by atoms with Crippen LogP contribution in [0.2, 0.25) is 0 Å². The first kappa shape index (κ1) is 15.4. The molecule has 0 spiro atoms. The minimum atomic E-state index is -0.296. The highest BCUT2D eigenvalue weighted by molar-refractivity contribution is 5.74. The van der Waals surface area contributed by atoms with Crippen LogP contribution in [-0.4, -0.2) is 35.7 Å². The molecule has 0 aliphatic rings. The highest BCUT2D eigenvalue weighted by Crippen LogP contribution is 2.16. The zero-order valence-corrected chi connectivity index (χ0v) is 11.8. The lowest BCUT2D eigenvalue weighted by Crippen LogP contribution is -2.44. The third-order valence-electron chi connectivity index (χ3n) is 3.28. The minimum absolute atomic E-state index is 0.0997. The molecule has 0 radical (unpaired) electrons. The summed E-state index contributed by atoms with van der Waals surface area (Å²) in [5.41, 5.74) is 1.29. The van der Waals surface area contributed by atoms with Crippen molar-refractivity contribution in [2.75, 3.05) is 13.7 Å². The van der Waals surface area contributed by atoms with E-state index in [1.165, 1.54) is 11.0 Å². The number of nitrogens with one attached hydrogen (secondary N) is 1. The van der Waals surface area contributed by atoms with Gasteiger partial charge >= 0.3 is 6.03 Å². The van der Waals surface area contributed by atoms with Crippen molar-refractivity contribution in [2.45, 2.75) is 32.9 Å². The first-order valence-electron chi connectivity index (χ1n) is 6.27. The summed E-state index contributed by atoms with van der Waals surface area (Å²) in [4.78, 5) is 13.3. The molecule has 0 fully saturated rings. The zero-order chi connectivity index (χ0) is 14.6. The van der Waals surface area contributed by atoms with Crippen molar-refractivity contribution in [2.24, 2.45) is 0 Å². The molecule has 1 aromatic carbocycles. The van der Waals surface area contributed by atoms with E-state index in [0.29, 0.717) is 11.1 Å². The summed E-state index contributed by atoms with van der Waals surface area (Å²) in [7, 11) is 1.61. The fourth-order valence-corrected chi connectivity index (χ4v) is 1.57. The van der Waals surface area contributed by atoms with E-state index in [1.54, 1.807) is 40.0 Å². The van der Waals surface area contributed by atoms with Crippen molar-refractivity contribution >= 4 is 6.03 Å². The number of nitrogens with zero attached hydrogens (tertiary/aromatic N) is 1. The van der Waals surface area contributed by atoms with Gasteiger partial charge in [0.1, 0.15) is 5.82 Å². The lowest BCUT2D eigenvalue weighted by atomic mass is 10.1. The normalized spacial score (nSPS) is 13.8. The largest absolute Gasteiger partial charge is 0.394 e. The molecule has 106 valence electrons. The molecule has 0 saturated carbocycles. The second-order valence-electron chi connectivity index (χ2n) is 4.82. The van der Waals surface area contributed by atoms with Crippen molar-refractivity contribution in [1.29, 1.82) is 0 Å². The van der Waals surface area contributed by atoms with E-state index in [-0.39, 0.29) is 30.5 Å². The lowest BCUT2D eigenvalue weighted by Gasteiger charge is -2.25. The second-order valence-corrected chi connectivity index (χ2v) is 4.82. The molecule has 2 amide bonds. The summed E-state index contributed by atoms with van der Waals surface area (Å²) in [6.07, 6.45) is 0. The first-order chi connectivity index (χ1) is 8.86. The van der Waals surface area contributed by atoms with E-state index in [1.807, 2.05) is 0 Å². The van der Waals surface area contributed by atoms with Crippen LogP contribution in [0.1, 0.15) is 31.0 Å². The molecule has 1 aromatic rings. The van der Waals surface area contributed by atoms with Crippen LogP contribution >= 0.6 is 0 Å². The smallest absolute Gasteiger partial charge is 0.317 e. The van der Waals surface area contributed by atoms with Crippen LogP contribution in [0.3, 0.4) is 0 Å². The average molecular weight is 268 g/mol. The highest BCUT2D eigenvalue weighted by Gasteiger charge is 2.17. The van der Waals surface area contributed by atoms with Crippen molar-refractivity contribution in [3.05, 3.63) is 35.1 Å². The predicted octanol–water partition coefficient (Wildman–Crippen LogP) is 2.22. The maximum absolute atomic E-state index is 13.5. The molecule has 0 bridgehead atoms. The molecule has 0 heterocycles. The summed E-state index contributed by atoms with van der Waals surface area (Å²) in [5, 5.41) is 11.8. The van der Waals surface area contributed by atoms with Gasteiger partial charge in [-0.1, -0.05) is 12.1 Å². The van der Waals surface area contributed by atoms with E-state index < -0.39 is 0 Å². The summed E-state index contributed by atoms with van der Waals surface area (Å²) in [6, 6.07) is 4.05. The number of hydrogen-bond donors (Lipinski definition) is 2. The third-order valence-corrected chi connectivity index (χ3v) is 3.28. The van der Waals surface area contributed by atoms with E-state index in [9.17, 15) is 9.18 Å². The predicted molar refractivity (Wildman–Crippen MR) is 72.4 cm³/mol. The van der Waals surface area contributed by atoms with Crippen molar-refractivity contribution in [3.8, 4) is 0 Å². The standard InChI is InChI=1S/C14H21FN2O2/c1-9-5-6-12(7-13(9)15)11(3)16-14(19)17(4)10(2)8-18/h5-7,10-11,18H,8H2,1-4H3,(H,16,19). The number of aliphatic hydroxyl groups excluding tert-OH is 1. The Morgan fingerprint density at radius 3 is 2.63 bits per heavy atom. The quantitative estimate of drug-likeness (QED) is 0.879. The Morgan fingerprint density at radius 2 is 2.11 bits per heavy atom. The molecule has 0 aliphatic heterocycles. The SMILES string of the molecule is Cc1ccc(C(C)NC(=O)N(C)C(C)CO)cc1F.